The van der Waals surface area contributed by atoms with Crippen molar-refractivity contribution in [3.8, 4) is 0 Å². The predicted molar refractivity (Wildman–Crippen MR) is 88.8 cm³/mol. The molecular formula is C17H17N5O2. The zero-order valence-electron chi connectivity index (χ0n) is 13.1. The smallest absolute Gasteiger partial charge is 0.275 e. The average Bonchev–Trinajstić information content (AvgIpc) is 3.10. The van der Waals surface area contributed by atoms with Gasteiger partial charge < -0.3 is 10.1 Å². The number of hydrogen-bond donors (Lipinski definition) is 1. The molecule has 0 aliphatic carbocycles. The van der Waals surface area contributed by atoms with Gasteiger partial charge in [0.05, 0.1) is 35.2 Å². The van der Waals surface area contributed by atoms with Crippen molar-refractivity contribution in [3.05, 3.63) is 48.5 Å². The lowest BCUT2D eigenvalue weighted by Crippen LogP contribution is -2.20. The van der Waals surface area contributed by atoms with E-state index in [2.05, 4.69) is 20.4 Å². The van der Waals surface area contributed by atoms with Crippen LogP contribution in [-0.2, 0) is 4.74 Å². The first-order chi connectivity index (χ1) is 11.8. The van der Waals surface area contributed by atoms with Gasteiger partial charge in [0.25, 0.3) is 5.91 Å². The maximum atomic E-state index is 12.4. The van der Waals surface area contributed by atoms with Gasteiger partial charge in [-0.25, -0.2) is 4.98 Å². The molecule has 1 N–H and O–H groups in total. The normalized spacial score (nSPS) is 15.5. The zero-order chi connectivity index (χ0) is 16.4. The van der Waals surface area contributed by atoms with Gasteiger partial charge in [-0.3, -0.25) is 14.5 Å². The van der Waals surface area contributed by atoms with Crippen LogP contribution in [0.5, 0.6) is 0 Å². The highest BCUT2D eigenvalue weighted by atomic mass is 16.5. The van der Waals surface area contributed by atoms with E-state index in [0.717, 1.165) is 31.6 Å². The molecule has 0 atom stereocenters. The van der Waals surface area contributed by atoms with Gasteiger partial charge in [0.1, 0.15) is 5.69 Å². The maximum absolute atomic E-state index is 12.4. The number of aromatic nitrogens is 4. The summed E-state index contributed by atoms with van der Waals surface area (Å²) in [5.74, 6) is -0.292. The van der Waals surface area contributed by atoms with Gasteiger partial charge in [-0.15, -0.1) is 0 Å². The summed E-state index contributed by atoms with van der Waals surface area (Å²) in [5.41, 5.74) is 2.40. The van der Waals surface area contributed by atoms with Crippen LogP contribution in [0.15, 0.2) is 42.9 Å². The van der Waals surface area contributed by atoms with Gasteiger partial charge in [-0.05, 0) is 25.0 Å². The summed E-state index contributed by atoms with van der Waals surface area (Å²) in [6, 6.07) is 7.78. The predicted octanol–water partition coefficient (Wildman–Crippen LogP) is 2.43. The number of carbonyl (C=O) groups excluding carboxylic acids is 1. The van der Waals surface area contributed by atoms with Gasteiger partial charge in [0.15, 0.2) is 0 Å². The Morgan fingerprint density at radius 3 is 2.79 bits per heavy atom. The number of amides is 1. The number of ether oxygens (including phenoxy) is 1. The Bertz CT molecular complexity index is 870. The van der Waals surface area contributed by atoms with Crippen molar-refractivity contribution in [3.63, 3.8) is 0 Å². The van der Waals surface area contributed by atoms with Crippen molar-refractivity contribution in [2.24, 2.45) is 0 Å². The highest BCUT2D eigenvalue weighted by Crippen LogP contribution is 2.21. The topological polar surface area (TPSA) is 81.9 Å². The monoisotopic (exact) mass is 323 g/mol. The first-order valence-electron chi connectivity index (χ1n) is 7.94. The minimum absolute atomic E-state index is 0.285. The summed E-state index contributed by atoms with van der Waals surface area (Å²) in [7, 11) is 0. The van der Waals surface area contributed by atoms with E-state index in [1.807, 2.05) is 35.1 Å². The molecule has 0 bridgehead atoms. The molecule has 0 saturated carbocycles. The van der Waals surface area contributed by atoms with Crippen LogP contribution in [0.2, 0.25) is 0 Å². The van der Waals surface area contributed by atoms with Gasteiger partial charge in [-0.1, -0.05) is 12.1 Å². The summed E-state index contributed by atoms with van der Waals surface area (Å²) in [5, 5.41) is 7.17. The molecule has 0 unspecified atom stereocenters. The number of para-hydroxylation sites is 2. The molecule has 3 aromatic rings. The molecule has 4 rings (SSSR count). The quantitative estimate of drug-likeness (QED) is 0.800. The van der Waals surface area contributed by atoms with Crippen LogP contribution in [0.3, 0.4) is 0 Å². The molecule has 3 heterocycles. The number of nitrogens with zero attached hydrogens (tertiary/aromatic N) is 4. The first kappa shape index (κ1) is 14.8. The molecule has 0 radical (unpaired) electrons. The Morgan fingerprint density at radius 2 is 1.96 bits per heavy atom. The van der Waals surface area contributed by atoms with Crippen molar-refractivity contribution in [1.29, 1.82) is 0 Å². The number of benzene rings is 1. The van der Waals surface area contributed by atoms with Crippen molar-refractivity contribution >= 4 is 22.6 Å². The number of anilines is 1. The fourth-order valence-corrected chi connectivity index (χ4v) is 2.81. The minimum Gasteiger partial charge on any atom is -0.381 e. The van der Waals surface area contributed by atoms with Crippen LogP contribution in [0.4, 0.5) is 5.69 Å². The summed E-state index contributed by atoms with van der Waals surface area (Å²) in [4.78, 5) is 21.0. The SMILES string of the molecule is O=C(Nc1cnn(C2CCOCC2)c1)c1cnc2ccccc2n1. The molecule has 7 nitrogen and oxygen atoms in total. The summed E-state index contributed by atoms with van der Waals surface area (Å²) >= 11 is 0. The van der Waals surface area contributed by atoms with E-state index >= 15 is 0 Å². The summed E-state index contributed by atoms with van der Waals surface area (Å²) in [6.45, 7) is 1.50. The van der Waals surface area contributed by atoms with Crippen molar-refractivity contribution in [1.82, 2.24) is 19.7 Å². The molecule has 1 amide bonds. The van der Waals surface area contributed by atoms with E-state index in [9.17, 15) is 4.79 Å². The third kappa shape index (κ3) is 2.98. The zero-order valence-corrected chi connectivity index (χ0v) is 13.1. The number of hydrogen-bond acceptors (Lipinski definition) is 5. The van der Waals surface area contributed by atoms with Gasteiger partial charge in [-0.2, -0.15) is 5.10 Å². The van der Waals surface area contributed by atoms with E-state index in [1.165, 1.54) is 6.20 Å². The molecule has 1 fully saturated rings. The molecule has 1 saturated heterocycles. The lowest BCUT2D eigenvalue weighted by Gasteiger charge is -2.22. The lowest BCUT2D eigenvalue weighted by molar-refractivity contribution is 0.0662. The lowest BCUT2D eigenvalue weighted by atomic mass is 10.1. The summed E-state index contributed by atoms with van der Waals surface area (Å²) in [6.07, 6.45) is 6.86. The second-order valence-corrected chi connectivity index (χ2v) is 5.75. The highest BCUT2D eigenvalue weighted by Gasteiger charge is 2.17. The molecule has 1 aromatic carbocycles. The number of rotatable bonds is 3. The van der Waals surface area contributed by atoms with Crippen molar-refractivity contribution in [2.75, 3.05) is 18.5 Å². The Hall–Kier alpha value is -2.80. The summed E-state index contributed by atoms with van der Waals surface area (Å²) < 4.78 is 7.25. The fourth-order valence-electron chi connectivity index (χ4n) is 2.81. The third-order valence-corrected chi connectivity index (χ3v) is 4.11. The fraction of sp³-hybridized carbons (Fsp3) is 0.294. The van der Waals surface area contributed by atoms with E-state index in [4.69, 9.17) is 4.74 Å². The Kier molecular flexibility index (Phi) is 3.92. The van der Waals surface area contributed by atoms with Crippen LogP contribution in [0.25, 0.3) is 11.0 Å². The Balaban J connectivity index is 1.49. The minimum atomic E-state index is -0.292. The molecule has 7 heteroatoms. The van der Waals surface area contributed by atoms with Crippen LogP contribution in [0.1, 0.15) is 29.4 Å². The molecule has 1 aliphatic heterocycles. The van der Waals surface area contributed by atoms with Crippen LogP contribution in [-0.4, -0.2) is 38.9 Å². The van der Waals surface area contributed by atoms with Gasteiger partial charge in [0, 0.05) is 19.4 Å². The van der Waals surface area contributed by atoms with Crippen LogP contribution in [0, 0.1) is 0 Å². The van der Waals surface area contributed by atoms with E-state index < -0.39 is 0 Å². The maximum Gasteiger partial charge on any atom is 0.275 e. The highest BCUT2D eigenvalue weighted by molar-refractivity contribution is 6.03. The molecule has 24 heavy (non-hydrogen) atoms. The second-order valence-electron chi connectivity index (χ2n) is 5.75. The number of carbonyl (C=O) groups is 1. The average molecular weight is 323 g/mol. The Labute approximate surface area is 138 Å². The van der Waals surface area contributed by atoms with Crippen molar-refractivity contribution in [2.45, 2.75) is 18.9 Å². The van der Waals surface area contributed by atoms with Crippen molar-refractivity contribution < 1.29 is 9.53 Å². The number of nitrogens with one attached hydrogen (secondary N) is 1. The third-order valence-electron chi connectivity index (χ3n) is 4.11. The second kappa shape index (κ2) is 6.37. The van der Waals surface area contributed by atoms with Gasteiger partial charge in [0.2, 0.25) is 0 Å². The van der Waals surface area contributed by atoms with Crippen LogP contribution < -0.4 is 5.32 Å². The van der Waals surface area contributed by atoms with Crippen LogP contribution >= 0.6 is 0 Å². The van der Waals surface area contributed by atoms with E-state index in [0.29, 0.717) is 17.2 Å². The molecule has 2 aromatic heterocycles. The van der Waals surface area contributed by atoms with E-state index in [1.54, 1.807) is 6.20 Å². The standard InChI is InChI=1S/C17H17N5O2/c23-17(16-10-18-14-3-1-2-4-15(14)21-16)20-12-9-19-22(11-12)13-5-7-24-8-6-13/h1-4,9-11,13H,5-8H2,(H,20,23). The number of fused-ring (bicyclic) bond motifs is 1. The molecule has 122 valence electrons. The molecular weight excluding hydrogens is 306 g/mol. The molecule has 0 spiro atoms. The van der Waals surface area contributed by atoms with Gasteiger partial charge >= 0.3 is 0 Å². The molecule has 1 aliphatic rings. The largest absolute Gasteiger partial charge is 0.381 e. The first-order valence-corrected chi connectivity index (χ1v) is 7.94. The van der Waals surface area contributed by atoms with E-state index in [-0.39, 0.29) is 11.6 Å². The Morgan fingerprint density at radius 1 is 1.17 bits per heavy atom.